The first-order chi connectivity index (χ1) is 54.1. The maximum atomic E-state index is 13.6. The Hall–Kier alpha value is -10.1. The molecule has 5 amide bonds. The monoisotopic (exact) mass is 1680 g/mol. The van der Waals surface area contributed by atoms with Gasteiger partial charge in [0.1, 0.15) is 17.1 Å². The van der Waals surface area contributed by atoms with Gasteiger partial charge in [0.2, 0.25) is 0 Å². The molecule has 620 valence electrons. The minimum absolute atomic E-state index is 0.00732. The standard InChI is InChI=1S/2C26H27ClF3N3O5.C16H10ClF3N2O4.C10H19NO2/c2*1-26(7-5-13(6-8-26)10-18(34)38-2)32-25(37)23(35)22-20(27)19(17-4-3-9-33(17)22)24(36)31-14-11-15(28)21(30)16(29)12-14;17-11-10(9-2-1-3-22(9)13(11)14(23)16(25)26)15(24)21-6-4-7(18)12(20)8(19)5-6;1-10(11)5-3-8(4-6-10)7-9(12)13-2/h2*11-13H,3-10H2,1-2H3,(H,31,36)(H,32,37);4-5H,1-3H2,(H,21,24)(H,25,26);8H,3-7,11H2,1-2H3. The van der Waals surface area contributed by atoms with E-state index in [1.54, 1.807) is 0 Å². The molecule has 0 radical (unpaired) electrons. The van der Waals surface area contributed by atoms with Crippen molar-refractivity contribution in [1.82, 2.24) is 24.3 Å². The number of nitrogens with two attached hydrogens (primary N) is 1. The van der Waals surface area contributed by atoms with Crippen molar-refractivity contribution in [2.45, 2.75) is 192 Å². The number of carbonyl (C=O) groups is 12. The number of fused-ring (bicyclic) bond motifs is 3. The maximum absolute atomic E-state index is 13.6. The lowest BCUT2D eigenvalue weighted by Crippen LogP contribution is -2.50. The number of nitrogens with zero attached hydrogens (tertiary/aromatic N) is 3. The van der Waals surface area contributed by atoms with Crippen molar-refractivity contribution >= 4 is 123 Å². The molecule has 3 aromatic heterocycles. The highest BCUT2D eigenvalue weighted by Gasteiger charge is 2.43. The summed E-state index contributed by atoms with van der Waals surface area (Å²) in [6.45, 7) is 6.75. The number of carbonyl (C=O) groups excluding carboxylic acids is 11. The number of nitrogens with one attached hydrogen (secondary N) is 5. The second kappa shape index (κ2) is 37.3. The first kappa shape index (κ1) is 88.9. The van der Waals surface area contributed by atoms with Crippen molar-refractivity contribution in [3.63, 3.8) is 0 Å². The third kappa shape index (κ3) is 20.8. The van der Waals surface area contributed by atoms with E-state index in [9.17, 15) is 97.0 Å². The molecule has 0 bridgehead atoms. The van der Waals surface area contributed by atoms with Gasteiger partial charge in [-0.15, -0.1) is 0 Å². The lowest BCUT2D eigenvalue weighted by molar-refractivity contribution is -0.143. The van der Waals surface area contributed by atoms with Crippen molar-refractivity contribution in [1.29, 1.82) is 0 Å². The molecule has 12 rings (SSSR count). The summed E-state index contributed by atoms with van der Waals surface area (Å²) in [6, 6.07) is 3.68. The molecule has 25 nitrogen and oxygen atoms in total. The van der Waals surface area contributed by atoms with E-state index in [0.29, 0.717) is 188 Å². The van der Waals surface area contributed by atoms with Gasteiger partial charge in [-0.25, -0.2) is 44.3 Å². The van der Waals surface area contributed by atoms with Gasteiger partial charge in [-0.2, -0.15) is 0 Å². The van der Waals surface area contributed by atoms with Crippen molar-refractivity contribution < 1.29 is 116 Å². The number of methoxy groups -OCH3 is 3. The molecule has 37 heteroatoms. The number of anilines is 3. The summed E-state index contributed by atoms with van der Waals surface area (Å²) >= 11 is 19.0. The quantitative estimate of drug-likeness (QED) is 0.00932. The summed E-state index contributed by atoms with van der Waals surface area (Å²) in [5.74, 6) is -23.0. The number of ketones is 3. The van der Waals surface area contributed by atoms with Crippen molar-refractivity contribution in [2.24, 2.45) is 23.5 Å². The van der Waals surface area contributed by atoms with Crippen LogP contribution in [0.4, 0.5) is 56.6 Å². The number of esters is 3. The zero-order chi connectivity index (χ0) is 84.6. The van der Waals surface area contributed by atoms with Crippen LogP contribution in [0.1, 0.15) is 216 Å². The molecule has 3 aromatic carbocycles. The summed E-state index contributed by atoms with van der Waals surface area (Å²) < 4.78 is 139. The lowest BCUT2D eigenvalue weighted by Gasteiger charge is -2.37. The molecule has 0 saturated heterocycles. The molecule has 3 fully saturated rings. The van der Waals surface area contributed by atoms with E-state index in [-0.39, 0.29) is 101 Å². The first-order valence-electron chi connectivity index (χ1n) is 36.7. The Morgan fingerprint density at radius 3 is 0.913 bits per heavy atom. The second-order valence-electron chi connectivity index (χ2n) is 30.0. The van der Waals surface area contributed by atoms with Crippen LogP contribution in [0.25, 0.3) is 0 Å². The van der Waals surface area contributed by atoms with Crippen LogP contribution in [0.2, 0.25) is 15.1 Å². The van der Waals surface area contributed by atoms with Crippen molar-refractivity contribution in [3.8, 4) is 0 Å². The molecule has 3 aliphatic heterocycles. The summed E-state index contributed by atoms with van der Waals surface area (Å²) in [5.41, 5.74) is 3.90. The Morgan fingerprint density at radius 1 is 0.426 bits per heavy atom. The molecule has 6 aromatic rings. The number of hydrogen-bond donors (Lipinski definition) is 7. The van der Waals surface area contributed by atoms with Gasteiger partial charge < -0.3 is 65.3 Å². The Morgan fingerprint density at radius 2 is 0.670 bits per heavy atom. The highest BCUT2D eigenvalue weighted by molar-refractivity contribution is 6.49. The van der Waals surface area contributed by atoms with Gasteiger partial charge in [-0.05, 0) is 154 Å². The Bertz CT molecular complexity index is 4610. The van der Waals surface area contributed by atoms with Crippen LogP contribution in [0.3, 0.4) is 0 Å². The van der Waals surface area contributed by atoms with Crippen LogP contribution in [-0.4, -0.2) is 128 Å². The van der Waals surface area contributed by atoms with Gasteiger partial charge in [0.15, 0.2) is 52.4 Å². The molecule has 0 spiro atoms. The minimum Gasteiger partial charge on any atom is -0.475 e. The predicted molar refractivity (Wildman–Crippen MR) is 398 cm³/mol. The molecular weight excluding hydrogens is 1600 g/mol. The average Bonchev–Trinajstić information content (AvgIpc) is 1.61. The minimum atomic E-state index is -1.73. The van der Waals surface area contributed by atoms with E-state index in [0.717, 1.165) is 25.7 Å². The molecule has 115 heavy (non-hydrogen) atoms. The van der Waals surface area contributed by atoms with Crippen LogP contribution in [-0.2, 0) is 81.9 Å². The normalized spacial score (nSPS) is 20.3. The lowest BCUT2D eigenvalue weighted by atomic mass is 9.76. The van der Waals surface area contributed by atoms with E-state index in [1.807, 2.05) is 13.8 Å². The molecule has 8 N–H and O–H groups in total. The zero-order valence-corrected chi connectivity index (χ0v) is 65.5. The number of benzene rings is 3. The van der Waals surface area contributed by atoms with Gasteiger partial charge in [0.05, 0.1) is 53.1 Å². The zero-order valence-electron chi connectivity index (χ0n) is 63.2. The molecule has 6 aliphatic rings. The van der Waals surface area contributed by atoms with Crippen LogP contribution in [0.15, 0.2) is 36.4 Å². The molecular formula is C78H83Cl3F9N9O16. The molecule has 3 aliphatic carbocycles. The number of halogens is 12. The van der Waals surface area contributed by atoms with E-state index in [1.165, 1.54) is 35.0 Å². The van der Waals surface area contributed by atoms with Gasteiger partial charge in [-0.3, -0.25) is 52.7 Å². The fraction of sp³-hybridized carbons (Fsp3) is 0.462. The van der Waals surface area contributed by atoms with Gasteiger partial charge in [0, 0.05) is 126 Å². The number of carboxylic acid groups (broad SMARTS) is 1. The van der Waals surface area contributed by atoms with Crippen LogP contribution >= 0.6 is 34.8 Å². The largest absolute Gasteiger partial charge is 0.475 e. The Kier molecular flexibility index (Phi) is 28.8. The Labute approximate surface area is 667 Å². The SMILES string of the molecule is COC(=O)CC1CCC(C)(N)CC1.COC(=O)CC1CCC(C)(NC(=O)C(=O)c2c(Cl)c(C(=O)Nc3cc(F)c(F)c(F)c3)c3n2CCC3)CC1.COC(=O)CC1CCC(C)(NC(=O)C(=O)c2c(Cl)c(C(=O)Nc3cc(F)c(F)c(F)c3)c3n2CCC3)CC1.O=C(O)C(=O)c1c(Cl)c(C(=O)Nc2cc(F)c(F)c(F)c2)c2n1CCC2. The number of carboxylic acids is 1. The summed E-state index contributed by atoms with van der Waals surface area (Å²) in [6.07, 6.45) is 13.2. The van der Waals surface area contributed by atoms with Crippen LogP contribution < -0.4 is 32.3 Å². The third-order valence-corrected chi connectivity index (χ3v) is 22.6. The fourth-order valence-electron chi connectivity index (χ4n) is 15.2. The fourth-order valence-corrected chi connectivity index (χ4v) is 16.4. The number of aromatic nitrogens is 3. The summed E-state index contributed by atoms with van der Waals surface area (Å²) in [5, 5.41) is 20.4. The number of ether oxygens (including phenoxy) is 3. The van der Waals surface area contributed by atoms with Gasteiger partial charge in [0.25, 0.3) is 46.9 Å². The maximum Gasteiger partial charge on any atom is 0.378 e. The van der Waals surface area contributed by atoms with Gasteiger partial charge >= 0.3 is 23.9 Å². The van der Waals surface area contributed by atoms with E-state index in [2.05, 4.69) is 38.2 Å². The number of amides is 5. The first-order valence-corrected chi connectivity index (χ1v) is 37.9. The van der Waals surface area contributed by atoms with Crippen molar-refractivity contribution in [2.75, 3.05) is 37.3 Å². The molecule has 0 unspecified atom stereocenters. The molecule has 6 heterocycles. The smallest absolute Gasteiger partial charge is 0.378 e. The summed E-state index contributed by atoms with van der Waals surface area (Å²) in [4.78, 5) is 148. The van der Waals surface area contributed by atoms with Crippen LogP contribution in [0, 0.1) is 70.1 Å². The topological polar surface area (TPSA) is 354 Å². The number of aliphatic carboxylic acids is 1. The molecule has 0 atom stereocenters. The van der Waals surface area contributed by atoms with E-state index >= 15 is 0 Å². The number of Topliss-reactive ketones (excluding diaryl/α,β-unsaturated/α-hetero) is 3. The third-order valence-electron chi connectivity index (χ3n) is 21.5. The van der Waals surface area contributed by atoms with Crippen molar-refractivity contribution in [3.05, 3.63) is 155 Å². The van der Waals surface area contributed by atoms with Gasteiger partial charge in [-0.1, -0.05) is 34.8 Å². The van der Waals surface area contributed by atoms with Crippen LogP contribution in [0.5, 0.6) is 0 Å². The Balaban J connectivity index is 0.000000185. The predicted octanol–water partition coefficient (Wildman–Crippen LogP) is 13.6. The number of hydrogen-bond acceptors (Lipinski definition) is 16. The summed E-state index contributed by atoms with van der Waals surface area (Å²) in [7, 11) is 4.11. The second-order valence-corrected chi connectivity index (χ2v) is 31.1. The molecule has 3 saturated carbocycles. The highest BCUT2D eigenvalue weighted by atomic mass is 35.5. The highest BCUT2D eigenvalue weighted by Crippen LogP contribution is 2.41. The number of rotatable bonds is 20. The van der Waals surface area contributed by atoms with E-state index < -0.39 is 116 Å². The van der Waals surface area contributed by atoms with E-state index in [4.69, 9.17) is 55.1 Å². The average molecular weight is 1680 g/mol.